The molecular formula is C13H13O4P. The van der Waals surface area contributed by atoms with E-state index in [1.54, 1.807) is 24.3 Å². The van der Waals surface area contributed by atoms with E-state index in [1.165, 1.54) is 0 Å². The first-order chi connectivity index (χ1) is 8.47. The van der Waals surface area contributed by atoms with E-state index in [-0.39, 0.29) is 5.75 Å². The highest BCUT2D eigenvalue weighted by Gasteiger charge is 2.18. The molecule has 0 fully saturated rings. The highest BCUT2D eigenvalue weighted by atomic mass is 31.2. The first kappa shape index (κ1) is 12.8. The maximum absolute atomic E-state index is 10.9. The number of phosphoric ester groups is 1. The third-order valence-electron chi connectivity index (χ3n) is 2.54. The van der Waals surface area contributed by atoms with Crippen molar-refractivity contribution in [2.75, 3.05) is 0 Å². The third-order valence-corrected chi connectivity index (χ3v) is 2.97. The van der Waals surface area contributed by atoms with Gasteiger partial charge in [0, 0.05) is 5.56 Å². The quantitative estimate of drug-likeness (QED) is 0.836. The molecule has 0 aromatic heterocycles. The molecule has 0 aliphatic heterocycles. The Morgan fingerprint density at radius 3 is 2.11 bits per heavy atom. The van der Waals surface area contributed by atoms with Crippen LogP contribution in [0.1, 0.15) is 5.56 Å². The van der Waals surface area contributed by atoms with E-state index in [4.69, 9.17) is 14.3 Å². The van der Waals surface area contributed by atoms with Gasteiger partial charge in [-0.25, -0.2) is 4.57 Å². The van der Waals surface area contributed by atoms with Gasteiger partial charge in [-0.2, -0.15) is 0 Å². The van der Waals surface area contributed by atoms with Gasteiger partial charge in [-0.05, 0) is 24.1 Å². The van der Waals surface area contributed by atoms with Crippen molar-refractivity contribution in [2.24, 2.45) is 0 Å². The Hall–Kier alpha value is -1.61. The lowest BCUT2D eigenvalue weighted by atomic mass is 10.00. The zero-order chi connectivity index (χ0) is 13.2. The number of rotatable bonds is 3. The summed E-state index contributed by atoms with van der Waals surface area (Å²) in [6, 6.07) is 14.4. The van der Waals surface area contributed by atoms with E-state index >= 15 is 0 Å². The molecule has 0 saturated heterocycles. The maximum Gasteiger partial charge on any atom is 0.524 e. The summed E-state index contributed by atoms with van der Waals surface area (Å²) in [6.07, 6.45) is 0. The topological polar surface area (TPSA) is 66.8 Å². The number of hydrogen-bond donors (Lipinski definition) is 2. The summed E-state index contributed by atoms with van der Waals surface area (Å²) < 4.78 is 15.7. The Bertz CT molecular complexity index is 603. The summed E-state index contributed by atoms with van der Waals surface area (Å²) in [5.41, 5.74) is 2.57. The van der Waals surface area contributed by atoms with Gasteiger partial charge in [0.2, 0.25) is 0 Å². The van der Waals surface area contributed by atoms with Crippen LogP contribution >= 0.6 is 7.82 Å². The van der Waals surface area contributed by atoms with Crippen molar-refractivity contribution >= 4 is 7.82 Å². The summed E-state index contributed by atoms with van der Waals surface area (Å²) in [5, 5.41) is 0. The molecular weight excluding hydrogens is 251 g/mol. The fraction of sp³-hybridized carbons (Fsp3) is 0.0769. The van der Waals surface area contributed by atoms with E-state index in [2.05, 4.69) is 0 Å². The third kappa shape index (κ3) is 2.99. The molecule has 0 radical (unpaired) electrons. The first-order valence-electron chi connectivity index (χ1n) is 5.37. The summed E-state index contributed by atoms with van der Waals surface area (Å²) in [4.78, 5) is 17.8. The molecule has 18 heavy (non-hydrogen) atoms. The van der Waals surface area contributed by atoms with Crippen LogP contribution in [-0.4, -0.2) is 9.79 Å². The van der Waals surface area contributed by atoms with Crippen molar-refractivity contribution in [3.63, 3.8) is 0 Å². The molecule has 2 aromatic rings. The highest BCUT2D eigenvalue weighted by Crippen LogP contribution is 2.42. The molecule has 0 atom stereocenters. The smallest absolute Gasteiger partial charge is 0.404 e. The SMILES string of the molecule is Cc1ccccc1-c1ccccc1OP(=O)(O)O. The molecule has 0 aliphatic carbocycles. The predicted molar refractivity (Wildman–Crippen MR) is 69.3 cm³/mol. The van der Waals surface area contributed by atoms with Gasteiger partial charge in [-0.15, -0.1) is 0 Å². The largest absolute Gasteiger partial charge is 0.524 e. The van der Waals surface area contributed by atoms with Crippen LogP contribution in [-0.2, 0) is 4.57 Å². The Kier molecular flexibility index (Phi) is 3.53. The molecule has 0 heterocycles. The van der Waals surface area contributed by atoms with Gasteiger partial charge in [-0.3, -0.25) is 9.79 Å². The van der Waals surface area contributed by atoms with Crippen molar-refractivity contribution in [1.82, 2.24) is 0 Å². The van der Waals surface area contributed by atoms with Crippen LogP contribution in [0.4, 0.5) is 0 Å². The Balaban J connectivity index is 2.52. The van der Waals surface area contributed by atoms with E-state index < -0.39 is 7.82 Å². The lowest BCUT2D eigenvalue weighted by Crippen LogP contribution is -1.93. The van der Waals surface area contributed by atoms with E-state index in [0.717, 1.165) is 11.1 Å². The van der Waals surface area contributed by atoms with Crippen LogP contribution in [0.3, 0.4) is 0 Å². The predicted octanol–water partition coefficient (Wildman–Crippen LogP) is 3.13. The minimum absolute atomic E-state index is 0.181. The van der Waals surface area contributed by atoms with Crippen molar-refractivity contribution in [3.05, 3.63) is 54.1 Å². The van der Waals surface area contributed by atoms with Gasteiger partial charge < -0.3 is 4.52 Å². The first-order valence-corrected chi connectivity index (χ1v) is 6.90. The number of phosphoric acid groups is 1. The molecule has 4 nitrogen and oxygen atoms in total. The molecule has 0 spiro atoms. The highest BCUT2D eigenvalue weighted by molar-refractivity contribution is 7.46. The molecule has 2 N–H and O–H groups in total. The van der Waals surface area contributed by atoms with Crippen LogP contribution in [0.15, 0.2) is 48.5 Å². The van der Waals surface area contributed by atoms with E-state index in [1.807, 2.05) is 31.2 Å². The molecule has 94 valence electrons. The molecule has 0 aliphatic rings. The van der Waals surface area contributed by atoms with Crippen molar-refractivity contribution in [2.45, 2.75) is 6.92 Å². The molecule has 2 rings (SSSR count). The number of aryl methyl sites for hydroxylation is 1. The Morgan fingerprint density at radius 2 is 1.50 bits per heavy atom. The molecule has 2 aromatic carbocycles. The van der Waals surface area contributed by atoms with Crippen LogP contribution < -0.4 is 4.52 Å². The minimum atomic E-state index is -4.55. The normalized spacial score (nSPS) is 11.3. The van der Waals surface area contributed by atoms with Crippen LogP contribution in [0.5, 0.6) is 5.75 Å². The van der Waals surface area contributed by atoms with Crippen LogP contribution in [0, 0.1) is 6.92 Å². The standard InChI is InChI=1S/C13H13O4P/c1-10-6-2-3-7-11(10)12-8-4-5-9-13(12)17-18(14,15)16/h2-9H,1H3,(H2,14,15,16). The van der Waals surface area contributed by atoms with Crippen LogP contribution in [0.2, 0.25) is 0 Å². The zero-order valence-electron chi connectivity index (χ0n) is 9.78. The number of para-hydroxylation sites is 1. The Labute approximate surface area is 105 Å². The second kappa shape index (κ2) is 4.94. The fourth-order valence-electron chi connectivity index (χ4n) is 1.77. The molecule has 0 saturated carbocycles. The molecule has 5 heteroatoms. The molecule has 0 unspecified atom stereocenters. The van der Waals surface area contributed by atoms with Crippen molar-refractivity contribution in [1.29, 1.82) is 0 Å². The van der Waals surface area contributed by atoms with E-state index in [0.29, 0.717) is 5.56 Å². The molecule has 0 bridgehead atoms. The number of benzene rings is 2. The van der Waals surface area contributed by atoms with Gasteiger partial charge in [0.15, 0.2) is 0 Å². The lowest BCUT2D eigenvalue weighted by molar-refractivity contribution is 0.283. The minimum Gasteiger partial charge on any atom is -0.404 e. The molecule has 0 amide bonds. The van der Waals surface area contributed by atoms with Gasteiger partial charge in [0.05, 0.1) is 0 Å². The fourth-order valence-corrected chi connectivity index (χ4v) is 2.19. The summed E-state index contributed by atoms with van der Waals surface area (Å²) in [5.74, 6) is 0.181. The maximum atomic E-state index is 10.9. The van der Waals surface area contributed by atoms with Crippen molar-refractivity contribution in [3.8, 4) is 16.9 Å². The monoisotopic (exact) mass is 264 g/mol. The van der Waals surface area contributed by atoms with Gasteiger partial charge in [-0.1, -0.05) is 42.5 Å². The van der Waals surface area contributed by atoms with Crippen molar-refractivity contribution < 1.29 is 18.9 Å². The van der Waals surface area contributed by atoms with Crippen LogP contribution in [0.25, 0.3) is 11.1 Å². The average Bonchev–Trinajstić information content (AvgIpc) is 2.29. The second-order valence-electron chi connectivity index (χ2n) is 3.89. The van der Waals surface area contributed by atoms with E-state index in [9.17, 15) is 4.57 Å². The van der Waals surface area contributed by atoms with Gasteiger partial charge in [0.25, 0.3) is 0 Å². The van der Waals surface area contributed by atoms with Gasteiger partial charge in [0.1, 0.15) is 5.75 Å². The summed E-state index contributed by atoms with van der Waals surface area (Å²) >= 11 is 0. The second-order valence-corrected chi connectivity index (χ2v) is 5.06. The summed E-state index contributed by atoms with van der Waals surface area (Å²) in [6.45, 7) is 1.93. The summed E-state index contributed by atoms with van der Waals surface area (Å²) in [7, 11) is -4.55. The average molecular weight is 264 g/mol. The van der Waals surface area contributed by atoms with Gasteiger partial charge >= 0.3 is 7.82 Å². The Morgan fingerprint density at radius 1 is 0.944 bits per heavy atom. The number of hydrogen-bond acceptors (Lipinski definition) is 2. The zero-order valence-corrected chi connectivity index (χ0v) is 10.7. The lowest BCUT2D eigenvalue weighted by Gasteiger charge is -2.13.